The maximum atomic E-state index is 12.5. The summed E-state index contributed by atoms with van der Waals surface area (Å²) in [5, 5.41) is 2.85. The lowest BCUT2D eigenvalue weighted by molar-refractivity contribution is -0.120. The minimum atomic E-state index is -1.10. The molecule has 0 saturated heterocycles. The number of likely N-dealkylation sites (N-methyl/N-ethyl adjacent to an activating group) is 1. The van der Waals surface area contributed by atoms with Crippen LogP contribution in [0, 0.1) is 0 Å². The number of nitrogens with two attached hydrogens (primary N) is 1. The third-order valence-electron chi connectivity index (χ3n) is 3.76. The molecule has 0 bridgehead atoms. The van der Waals surface area contributed by atoms with Crippen LogP contribution in [-0.4, -0.2) is 38.1 Å². The van der Waals surface area contributed by atoms with Gasteiger partial charge in [-0.05, 0) is 50.8 Å². The van der Waals surface area contributed by atoms with Crippen molar-refractivity contribution in [2.24, 2.45) is 5.73 Å². The molecule has 0 fully saturated rings. The molecule has 2 aromatic rings. The Balaban J connectivity index is 1.97. The number of carbonyl (C=O) groups excluding carboxylic acids is 1. The van der Waals surface area contributed by atoms with E-state index in [4.69, 9.17) is 10.5 Å². The van der Waals surface area contributed by atoms with E-state index in [0.29, 0.717) is 12.3 Å². The Morgan fingerprint density at radius 2 is 1.75 bits per heavy atom. The average molecular weight is 327 g/mol. The lowest BCUT2D eigenvalue weighted by atomic mass is 9.92. The van der Waals surface area contributed by atoms with Gasteiger partial charge < -0.3 is 20.7 Å². The number of hydrogen-bond donors (Lipinski definition) is 2. The van der Waals surface area contributed by atoms with E-state index >= 15 is 0 Å². The first-order chi connectivity index (χ1) is 11.4. The van der Waals surface area contributed by atoms with Crippen LogP contribution in [-0.2, 0) is 10.3 Å². The van der Waals surface area contributed by atoms with Gasteiger partial charge in [0.2, 0.25) is 5.91 Å². The van der Waals surface area contributed by atoms with Crippen molar-refractivity contribution >= 4 is 11.6 Å². The van der Waals surface area contributed by atoms with Crippen molar-refractivity contribution in [2.75, 3.05) is 32.6 Å². The summed E-state index contributed by atoms with van der Waals surface area (Å²) in [5.74, 6) is 0.517. The van der Waals surface area contributed by atoms with Gasteiger partial charge in [-0.2, -0.15) is 0 Å². The Labute approximate surface area is 143 Å². The third kappa shape index (κ3) is 4.81. The molecule has 0 radical (unpaired) electrons. The van der Waals surface area contributed by atoms with Gasteiger partial charge in [-0.1, -0.05) is 30.3 Å². The molecule has 5 nitrogen and oxygen atoms in total. The quantitative estimate of drug-likeness (QED) is 0.820. The molecule has 0 aliphatic carbocycles. The fourth-order valence-electron chi connectivity index (χ4n) is 2.16. The number of anilines is 1. The van der Waals surface area contributed by atoms with E-state index in [1.807, 2.05) is 68.7 Å². The van der Waals surface area contributed by atoms with Crippen molar-refractivity contribution in [3.05, 3.63) is 60.2 Å². The second kappa shape index (κ2) is 7.95. The monoisotopic (exact) mass is 327 g/mol. The van der Waals surface area contributed by atoms with Crippen molar-refractivity contribution < 1.29 is 9.53 Å². The second-order valence-corrected chi connectivity index (χ2v) is 6.20. The molecule has 1 unspecified atom stereocenters. The molecule has 2 rings (SSSR count). The number of nitrogens with zero attached hydrogens (tertiary/aromatic N) is 1. The van der Waals surface area contributed by atoms with Crippen molar-refractivity contribution in [2.45, 2.75) is 12.5 Å². The Morgan fingerprint density at radius 3 is 2.33 bits per heavy atom. The summed E-state index contributed by atoms with van der Waals surface area (Å²) < 4.78 is 5.63. The highest BCUT2D eigenvalue weighted by molar-refractivity contribution is 5.98. The Morgan fingerprint density at radius 1 is 1.12 bits per heavy atom. The molecule has 0 spiro atoms. The van der Waals surface area contributed by atoms with E-state index in [-0.39, 0.29) is 5.91 Å². The maximum absolute atomic E-state index is 12.5. The molecule has 24 heavy (non-hydrogen) atoms. The lowest BCUT2D eigenvalue weighted by Gasteiger charge is -2.24. The molecule has 0 saturated carbocycles. The van der Waals surface area contributed by atoms with Crippen LogP contribution >= 0.6 is 0 Å². The van der Waals surface area contributed by atoms with E-state index in [9.17, 15) is 4.79 Å². The Kier molecular flexibility index (Phi) is 5.95. The van der Waals surface area contributed by atoms with Gasteiger partial charge in [-0.3, -0.25) is 4.79 Å². The van der Waals surface area contributed by atoms with Gasteiger partial charge in [0, 0.05) is 12.2 Å². The summed E-state index contributed by atoms with van der Waals surface area (Å²) in [6, 6.07) is 16.6. The van der Waals surface area contributed by atoms with Crippen LogP contribution in [0.15, 0.2) is 54.6 Å². The van der Waals surface area contributed by atoms with Gasteiger partial charge in [0.1, 0.15) is 17.9 Å². The molecule has 5 heteroatoms. The Hall–Kier alpha value is -2.37. The third-order valence-corrected chi connectivity index (χ3v) is 3.76. The molecule has 2 aromatic carbocycles. The second-order valence-electron chi connectivity index (χ2n) is 6.20. The number of ether oxygens (including phenoxy) is 1. The van der Waals surface area contributed by atoms with E-state index in [1.54, 1.807) is 6.92 Å². The summed E-state index contributed by atoms with van der Waals surface area (Å²) in [5.41, 5.74) is 6.57. The fraction of sp³-hybridized carbons (Fsp3) is 0.316. The summed E-state index contributed by atoms with van der Waals surface area (Å²) in [4.78, 5) is 14.5. The Bertz CT molecular complexity index is 652. The normalized spacial score (nSPS) is 13.4. The number of nitrogens with one attached hydrogen (secondary N) is 1. The first-order valence-electron chi connectivity index (χ1n) is 7.93. The lowest BCUT2D eigenvalue weighted by Crippen LogP contribution is -2.45. The average Bonchev–Trinajstić information content (AvgIpc) is 2.57. The predicted octanol–water partition coefficient (Wildman–Crippen LogP) is 2.44. The molecule has 1 atom stereocenters. The highest BCUT2D eigenvalue weighted by atomic mass is 16.5. The predicted molar refractivity (Wildman–Crippen MR) is 97.1 cm³/mol. The molecule has 0 aliphatic rings. The molecular weight excluding hydrogens is 302 g/mol. The minimum absolute atomic E-state index is 0.255. The standard InChI is InChI=1S/C19H25N3O2/c1-19(20,15-7-5-4-6-8-15)18(23)21-16-9-11-17(12-10-16)24-14-13-22(2)3/h4-12H,13-14,20H2,1-3H3,(H,21,23). The van der Waals surface area contributed by atoms with E-state index in [0.717, 1.165) is 17.9 Å². The van der Waals surface area contributed by atoms with Crippen LogP contribution < -0.4 is 15.8 Å². The number of rotatable bonds is 7. The zero-order valence-corrected chi connectivity index (χ0v) is 14.5. The molecule has 1 amide bonds. The van der Waals surface area contributed by atoms with Crippen LogP contribution in [0.25, 0.3) is 0 Å². The molecule has 0 aromatic heterocycles. The fourth-order valence-corrected chi connectivity index (χ4v) is 2.16. The largest absolute Gasteiger partial charge is 0.492 e. The topological polar surface area (TPSA) is 67.6 Å². The smallest absolute Gasteiger partial charge is 0.248 e. The van der Waals surface area contributed by atoms with Crippen LogP contribution in [0.2, 0.25) is 0 Å². The van der Waals surface area contributed by atoms with Crippen LogP contribution in [0.4, 0.5) is 5.69 Å². The highest BCUT2D eigenvalue weighted by Crippen LogP contribution is 2.21. The van der Waals surface area contributed by atoms with Crippen molar-refractivity contribution in [3.8, 4) is 5.75 Å². The van der Waals surface area contributed by atoms with Gasteiger partial charge in [0.25, 0.3) is 0 Å². The molecule has 128 valence electrons. The molecular formula is C19H25N3O2. The van der Waals surface area contributed by atoms with E-state index in [1.165, 1.54) is 0 Å². The summed E-state index contributed by atoms with van der Waals surface area (Å²) in [6.45, 7) is 3.17. The van der Waals surface area contributed by atoms with Crippen LogP contribution in [0.1, 0.15) is 12.5 Å². The zero-order chi connectivity index (χ0) is 17.6. The summed E-state index contributed by atoms with van der Waals surface area (Å²) in [7, 11) is 4.00. The first-order valence-corrected chi connectivity index (χ1v) is 7.93. The van der Waals surface area contributed by atoms with Crippen LogP contribution in [0.3, 0.4) is 0 Å². The van der Waals surface area contributed by atoms with Crippen molar-refractivity contribution in [1.29, 1.82) is 0 Å². The number of hydrogen-bond acceptors (Lipinski definition) is 4. The van der Waals surface area contributed by atoms with E-state index < -0.39 is 5.54 Å². The zero-order valence-electron chi connectivity index (χ0n) is 14.5. The maximum Gasteiger partial charge on any atom is 0.248 e. The molecule has 3 N–H and O–H groups in total. The van der Waals surface area contributed by atoms with Gasteiger partial charge in [-0.15, -0.1) is 0 Å². The molecule has 0 aliphatic heterocycles. The minimum Gasteiger partial charge on any atom is -0.492 e. The van der Waals surface area contributed by atoms with E-state index in [2.05, 4.69) is 10.2 Å². The van der Waals surface area contributed by atoms with Gasteiger partial charge in [0.05, 0.1) is 0 Å². The van der Waals surface area contributed by atoms with Crippen molar-refractivity contribution in [1.82, 2.24) is 4.90 Å². The number of amides is 1. The SMILES string of the molecule is CN(C)CCOc1ccc(NC(=O)C(C)(N)c2ccccc2)cc1. The van der Waals surface area contributed by atoms with Gasteiger partial charge in [-0.25, -0.2) is 0 Å². The summed E-state index contributed by atoms with van der Waals surface area (Å²) in [6.07, 6.45) is 0. The highest BCUT2D eigenvalue weighted by Gasteiger charge is 2.30. The van der Waals surface area contributed by atoms with Crippen LogP contribution in [0.5, 0.6) is 5.75 Å². The number of benzene rings is 2. The summed E-state index contributed by atoms with van der Waals surface area (Å²) >= 11 is 0. The molecule has 0 heterocycles. The van der Waals surface area contributed by atoms with Gasteiger partial charge in [0.15, 0.2) is 0 Å². The first kappa shape index (κ1) is 18.0. The number of carbonyl (C=O) groups is 1. The van der Waals surface area contributed by atoms with Crippen molar-refractivity contribution in [3.63, 3.8) is 0 Å². The van der Waals surface area contributed by atoms with Gasteiger partial charge >= 0.3 is 0 Å².